The molecule has 3 rings (SSSR count). The number of hydrogen-bond donors (Lipinski definition) is 1. The van der Waals surface area contributed by atoms with Gasteiger partial charge in [-0.1, -0.05) is 6.07 Å². The summed E-state index contributed by atoms with van der Waals surface area (Å²) in [5.74, 6) is 0. The summed E-state index contributed by atoms with van der Waals surface area (Å²) in [6.07, 6.45) is -9.70. The molecule has 1 N–H and O–H groups in total. The Balaban J connectivity index is 2.13. The zero-order valence-corrected chi connectivity index (χ0v) is 14.3. The fourth-order valence-electron chi connectivity index (χ4n) is 3.08. The quantitative estimate of drug-likeness (QED) is 0.754. The summed E-state index contributed by atoms with van der Waals surface area (Å²) in [6.45, 7) is 2.35. The Morgan fingerprint density at radius 2 is 1.50 bits per heavy atom. The minimum atomic E-state index is -4.85. The molecule has 0 spiro atoms. The lowest BCUT2D eigenvalue weighted by Gasteiger charge is -2.35. The number of nitrogens with zero attached hydrogens (tertiary/aromatic N) is 1. The van der Waals surface area contributed by atoms with Crippen LogP contribution in [0, 0.1) is 0 Å². The van der Waals surface area contributed by atoms with E-state index in [4.69, 9.17) is 0 Å². The number of hydrogen-bond acceptors (Lipinski definition) is 3. The van der Waals surface area contributed by atoms with E-state index in [-0.39, 0.29) is 11.6 Å². The third-order valence-electron chi connectivity index (χ3n) is 4.26. The Morgan fingerprint density at radius 1 is 0.923 bits per heavy atom. The van der Waals surface area contributed by atoms with Gasteiger partial charge in [0.25, 0.3) is 0 Å². The summed E-state index contributed by atoms with van der Waals surface area (Å²) >= 11 is 1.32. The van der Waals surface area contributed by atoms with Gasteiger partial charge in [-0.3, -0.25) is 4.90 Å². The fraction of sp³-hybridized carbons (Fsp3) is 0.412. The second-order valence-electron chi connectivity index (χ2n) is 6.04. The van der Waals surface area contributed by atoms with E-state index in [1.54, 1.807) is 17.5 Å². The molecule has 0 aliphatic carbocycles. The van der Waals surface area contributed by atoms with Crippen molar-refractivity contribution in [1.29, 1.82) is 0 Å². The molecule has 142 valence electrons. The molecule has 0 radical (unpaired) electrons. The van der Waals surface area contributed by atoms with Crippen molar-refractivity contribution in [3.8, 4) is 0 Å². The minimum Gasteiger partial charge on any atom is -0.314 e. The van der Waals surface area contributed by atoms with E-state index >= 15 is 0 Å². The van der Waals surface area contributed by atoms with Gasteiger partial charge >= 0.3 is 12.4 Å². The van der Waals surface area contributed by atoms with Gasteiger partial charge in [-0.15, -0.1) is 11.3 Å². The third-order valence-corrected chi connectivity index (χ3v) is 5.18. The average molecular weight is 394 g/mol. The number of thiophene rings is 1. The first-order valence-electron chi connectivity index (χ1n) is 7.94. The first-order valence-corrected chi connectivity index (χ1v) is 8.82. The number of nitrogens with one attached hydrogen (secondary N) is 1. The number of halogens is 6. The van der Waals surface area contributed by atoms with Gasteiger partial charge in [-0.25, -0.2) is 0 Å². The van der Waals surface area contributed by atoms with Crippen LogP contribution in [0.3, 0.4) is 0 Å². The monoisotopic (exact) mass is 394 g/mol. The van der Waals surface area contributed by atoms with Crippen LogP contribution in [-0.2, 0) is 12.4 Å². The predicted octanol–water partition coefficient (Wildman–Crippen LogP) is 4.78. The van der Waals surface area contributed by atoms with Gasteiger partial charge in [0, 0.05) is 31.1 Å². The highest BCUT2D eigenvalue weighted by molar-refractivity contribution is 7.10. The largest absolute Gasteiger partial charge is 0.416 e. The Morgan fingerprint density at radius 3 is 1.96 bits per heavy atom. The van der Waals surface area contributed by atoms with Crippen molar-refractivity contribution in [3.63, 3.8) is 0 Å². The van der Waals surface area contributed by atoms with Crippen molar-refractivity contribution in [2.24, 2.45) is 0 Å². The van der Waals surface area contributed by atoms with Gasteiger partial charge in [-0.2, -0.15) is 26.3 Å². The Hall–Kier alpha value is -1.58. The molecule has 1 aromatic carbocycles. The second kappa shape index (κ2) is 7.21. The lowest BCUT2D eigenvalue weighted by atomic mass is 9.97. The highest BCUT2D eigenvalue weighted by atomic mass is 32.1. The van der Waals surface area contributed by atoms with Crippen LogP contribution >= 0.6 is 11.3 Å². The number of piperazine rings is 1. The van der Waals surface area contributed by atoms with Crippen LogP contribution < -0.4 is 5.32 Å². The maximum Gasteiger partial charge on any atom is 0.416 e. The average Bonchev–Trinajstić information content (AvgIpc) is 3.08. The first-order chi connectivity index (χ1) is 12.2. The molecule has 1 atom stereocenters. The summed E-state index contributed by atoms with van der Waals surface area (Å²) in [4.78, 5) is 2.64. The zero-order chi connectivity index (χ0) is 18.9. The molecule has 0 saturated carbocycles. The standard InChI is InChI=1S/C17H16F6N2S/c18-16(19,20)12-8-11(9-13(10-12)17(21,22)23)15(14-2-1-7-26-14)25-5-3-24-4-6-25/h1-2,7-10,15,24H,3-6H2/t15-/m1/s1. The van der Waals surface area contributed by atoms with Gasteiger partial charge in [0.2, 0.25) is 0 Å². The van der Waals surface area contributed by atoms with Gasteiger partial charge in [-0.05, 0) is 35.2 Å². The molecule has 2 nitrogen and oxygen atoms in total. The molecule has 2 aromatic rings. The molecule has 1 aromatic heterocycles. The molecular weight excluding hydrogens is 378 g/mol. The molecular formula is C17H16F6N2S. The van der Waals surface area contributed by atoms with Crippen LogP contribution in [-0.4, -0.2) is 31.1 Å². The van der Waals surface area contributed by atoms with Crippen molar-refractivity contribution in [3.05, 3.63) is 57.3 Å². The Labute approximate surface area is 150 Å². The first kappa shape index (κ1) is 19.2. The molecule has 0 amide bonds. The third kappa shape index (κ3) is 4.21. The van der Waals surface area contributed by atoms with E-state index in [2.05, 4.69) is 5.32 Å². The van der Waals surface area contributed by atoms with Crippen molar-refractivity contribution < 1.29 is 26.3 Å². The molecule has 1 fully saturated rings. The summed E-state index contributed by atoms with van der Waals surface area (Å²) < 4.78 is 79.2. The SMILES string of the molecule is FC(F)(F)c1cc([C@H](c2cccs2)N2CCNCC2)cc(C(F)(F)F)c1. The second-order valence-corrected chi connectivity index (χ2v) is 7.02. The van der Waals surface area contributed by atoms with E-state index in [1.165, 1.54) is 11.3 Å². The van der Waals surface area contributed by atoms with E-state index in [0.717, 1.165) is 17.0 Å². The summed E-state index contributed by atoms with van der Waals surface area (Å²) in [5, 5.41) is 4.91. The molecule has 1 saturated heterocycles. The lowest BCUT2D eigenvalue weighted by molar-refractivity contribution is -0.143. The molecule has 2 heterocycles. The van der Waals surface area contributed by atoms with Crippen molar-refractivity contribution in [2.45, 2.75) is 18.4 Å². The topological polar surface area (TPSA) is 15.3 Å². The van der Waals surface area contributed by atoms with E-state index in [9.17, 15) is 26.3 Å². The predicted molar refractivity (Wildman–Crippen MR) is 87.1 cm³/mol. The summed E-state index contributed by atoms with van der Waals surface area (Å²) in [6, 6.07) is 4.69. The lowest BCUT2D eigenvalue weighted by Crippen LogP contribution is -2.45. The van der Waals surface area contributed by atoms with Crippen molar-refractivity contribution in [2.75, 3.05) is 26.2 Å². The molecule has 26 heavy (non-hydrogen) atoms. The van der Waals surface area contributed by atoms with Crippen molar-refractivity contribution in [1.82, 2.24) is 10.2 Å². The van der Waals surface area contributed by atoms with Crippen LogP contribution in [0.5, 0.6) is 0 Å². The number of alkyl halides is 6. The smallest absolute Gasteiger partial charge is 0.314 e. The fourth-order valence-corrected chi connectivity index (χ4v) is 3.96. The van der Waals surface area contributed by atoms with Gasteiger partial charge in [0.05, 0.1) is 17.2 Å². The molecule has 0 bridgehead atoms. The van der Waals surface area contributed by atoms with Crippen LogP contribution in [0.25, 0.3) is 0 Å². The molecule has 1 aliphatic rings. The normalized spacial score (nSPS) is 18.1. The maximum atomic E-state index is 13.2. The Bertz CT molecular complexity index is 700. The summed E-state index contributed by atoms with van der Waals surface area (Å²) in [7, 11) is 0. The van der Waals surface area contributed by atoms with E-state index in [1.807, 2.05) is 4.90 Å². The van der Waals surface area contributed by atoms with Gasteiger partial charge in [0.15, 0.2) is 0 Å². The van der Waals surface area contributed by atoms with Gasteiger partial charge in [0.1, 0.15) is 0 Å². The van der Waals surface area contributed by atoms with E-state index in [0.29, 0.717) is 26.2 Å². The highest BCUT2D eigenvalue weighted by Gasteiger charge is 2.38. The Kier molecular flexibility index (Phi) is 5.32. The van der Waals surface area contributed by atoms with Gasteiger partial charge < -0.3 is 5.32 Å². The van der Waals surface area contributed by atoms with Crippen LogP contribution in [0.2, 0.25) is 0 Å². The highest BCUT2D eigenvalue weighted by Crippen LogP contribution is 2.40. The van der Waals surface area contributed by atoms with E-state index < -0.39 is 29.5 Å². The number of benzene rings is 1. The summed E-state index contributed by atoms with van der Waals surface area (Å²) in [5.41, 5.74) is -2.55. The van der Waals surface area contributed by atoms with Crippen molar-refractivity contribution >= 4 is 11.3 Å². The van der Waals surface area contributed by atoms with Crippen LogP contribution in [0.1, 0.15) is 27.6 Å². The minimum absolute atomic E-state index is 0.0106. The molecule has 0 unspecified atom stereocenters. The van der Waals surface area contributed by atoms with Crippen LogP contribution in [0.4, 0.5) is 26.3 Å². The molecule has 9 heteroatoms. The zero-order valence-electron chi connectivity index (χ0n) is 13.5. The van der Waals surface area contributed by atoms with Crippen LogP contribution in [0.15, 0.2) is 35.7 Å². The molecule has 1 aliphatic heterocycles. The number of rotatable bonds is 3. The maximum absolute atomic E-state index is 13.2.